The third-order valence-electron chi connectivity index (χ3n) is 4.83. The van der Waals surface area contributed by atoms with E-state index in [0.717, 1.165) is 31.9 Å². The van der Waals surface area contributed by atoms with Gasteiger partial charge in [-0.25, -0.2) is 0 Å². The molecule has 0 saturated heterocycles. The van der Waals surface area contributed by atoms with Crippen LogP contribution in [0.3, 0.4) is 0 Å². The van der Waals surface area contributed by atoms with Crippen LogP contribution in [0, 0.1) is 0 Å². The van der Waals surface area contributed by atoms with Gasteiger partial charge in [0, 0.05) is 24.9 Å². The molecule has 1 aliphatic carbocycles. The third-order valence-corrected chi connectivity index (χ3v) is 4.83. The smallest absolute Gasteiger partial charge is 0.122 e. The second-order valence-corrected chi connectivity index (χ2v) is 6.13. The van der Waals surface area contributed by atoms with Gasteiger partial charge in [-0.1, -0.05) is 42.5 Å². The predicted molar refractivity (Wildman–Crippen MR) is 85.1 cm³/mol. The molecule has 2 heteroatoms. The van der Waals surface area contributed by atoms with E-state index in [1.807, 2.05) is 0 Å². The molecule has 2 nitrogen and oxygen atoms in total. The Kier molecular flexibility index (Phi) is 3.40. The Morgan fingerprint density at radius 3 is 2.57 bits per heavy atom. The van der Waals surface area contributed by atoms with Gasteiger partial charge in [-0.05, 0) is 35.6 Å². The number of hydrogen-bond donors (Lipinski definition) is 1. The Bertz CT molecular complexity index is 637. The normalized spacial score (nSPS) is 22.7. The zero-order valence-electron chi connectivity index (χ0n) is 12.2. The molecule has 2 unspecified atom stereocenters. The average Bonchev–Trinajstić information content (AvgIpc) is 2.52. The molecule has 1 N–H and O–H groups in total. The first-order valence-electron chi connectivity index (χ1n) is 7.92. The Hall–Kier alpha value is -1.80. The van der Waals surface area contributed by atoms with Crippen molar-refractivity contribution >= 4 is 0 Å². The van der Waals surface area contributed by atoms with Crippen LogP contribution in [0.4, 0.5) is 0 Å². The lowest BCUT2D eigenvalue weighted by Gasteiger charge is -2.31. The topological polar surface area (TPSA) is 21.3 Å². The predicted octanol–water partition coefficient (Wildman–Crippen LogP) is 3.48. The van der Waals surface area contributed by atoms with E-state index in [0.29, 0.717) is 11.8 Å². The van der Waals surface area contributed by atoms with E-state index in [1.165, 1.54) is 23.1 Å². The van der Waals surface area contributed by atoms with Crippen LogP contribution in [0.15, 0.2) is 48.5 Å². The molecule has 0 radical (unpaired) electrons. The summed E-state index contributed by atoms with van der Waals surface area (Å²) in [5.74, 6) is 2.37. The van der Waals surface area contributed by atoms with E-state index in [9.17, 15) is 0 Å². The van der Waals surface area contributed by atoms with E-state index < -0.39 is 0 Å². The molecular formula is C19H21NO. The van der Waals surface area contributed by atoms with Crippen molar-refractivity contribution in [3.8, 4) is 5.75 Å². The van der Waals surface area contributed by atoms with Crippen molar-refractivity contribution in [2.45, 2.75) is 24.7 Å². The Labute approximate surface area is 126 Å². The van der Waals surface area contributed by atoms with Gasteiger partial charge in [-0.15, -0.1) is 0 Å². The largest absolute Gasteiger partial charge is 0.493 e. The van der Waals surface area contributed by atoms with E-state index in [2.05, 4.69) is 53.8 Å². The van der Waals surface area contributed by atoms with Gasteiger partial charge in [0.2, 0.25) is 0 Å². The van der Waals surface area contributed by atoms with Gasteiger partial charge in [0.15, 0.2) is 0 Å². The van der Waals surface area contributed by atoms with Crippen LogP contribution in [0.2, 0.25) is 0 Å². The first-order valence-corrected chi connectivity index (χ1v) is 7.92. The monoisotopic (exact) mass is 279 g/mol. The van der Waals surface area contributed by atoms with Crippen molar-refractivity contribution in [2.75, 3.05) is 19.7 Å². The third kappa shape index (κ3) is 2.44. The zero-order chi connectivity index (χ0) is 14.1. The van der Waals surface area contributed by atoms with Crippen LogP contribution in [-0.2, 0) is 6.42 Å². The number of para-hydroxylation sites is 1. The van der Waals surface area contributed by atoms with Crippen molar-refractivity contribution in [3.63, 3.8) is 0 Å². The highest BCUT2D eigenvalue weighted by Gasteiger charge is 2.26. The first kappa shape index (κ1) is 12.9. The van der Waals surface area contributed by atoms with Gasteiger partial charge in [-0.2, -0.15) is 0 Å². The molecule has 0 amide bonds. The minimum absolute atomic E-state index is 0.588. The molecule has 0 saturated carbocycles. The van der Waals surface area contributed by atoms with Crippen LogP contribution in [0.5, 0.6) is 5.75 Å². The Morgan fingerprint density at radius 1 is 0.905 bits per heavy atom. The number of fused-ring (bicyclic) bond motifs is 2. The summed E-state index contributed by atoms with van der Waals surface area (Å²) in [5, 5.41) is 3.68. The molecule has 0 spiro atoms. The summed E-state index contributed by atoms with van der Waals surface area (Å²) in [6.07, 6.45) is 2.35. The number of rotatable bonds is 4. The highest BCUT2D eigenvalue weighted by atomic mass is 16.5. The first-order chi connectivity index (χ1) is 10.4. The fourth-order valence-corrected chi connectivity index (χ4v) is 3.60. The Morgan fingerprint density at radius 2 is 1.67 bits per heavy atom. The van der Waals surface area contributed by atoms with Crippen LogP contribution < -0.4 is 10.1 Å². The summed E-state index contributed by atoms with van der Waals surface area (Å²) in [6.45, 7) is 2.99. The van der Waals surface area contributed by atoms with Gasteiger partial charge in [0.25, 0.3) is 0 Å². The summed E-state index contributed by atoms with van der Waals surface area (Å²) in [7, 11) is 0. The maximum Gasteiger partial charge on any atom is 0.122 e. The fraction of sp³-hybridized carbons (Fsp3) is 0.368. The molecule has 1 heterocycles. The molecule has 2 aromatic carbocycles. The Balaban J connectivity index is 1.35. The van der Waals surface area contributed by atoms with E-state index in [-0.39, 0.29) is 0 Å². The lowest BCUT2D eigenvalue weighted by Crippen LogP contribution is -2.32. The molecule has 2 atom stereocenters. The average molecular weight is 279 g/mol. The van der Waals surface area contributed by atoms with E-state index in [4.69, 9.17) is 4.74 Å². The lowest BCUT2D eigenvalue weighted by molar-refractivity contribution is 0.264. The van der Waals surface area contributed by atoms with Crippen LogP contribution in [0.1, 0.15) is 34.9 Å². The summed E-state index contributed by atoms with van der Waals surface area (Å²) >= 11 is 0. The van der Waals surface area contributed by atoms with E-state index >= 15 is 0 Å². The van der Waals surface area contributed by atoms with Crippen molar-refractivity contribution in [3.05, 3.63) is 65.2 Å². The molecule has 21 heavy (non-hydrogen) atoms. The number of nitrogens with one attached hydrogen (secondary N) is 1. The number of ether oxygens (including phenoxy) is 1. The molecule has 0 aromatic heterocycles. The highest BCUT2D eigenvalue weighted by molar-refractivity contribution is 5.40. The molecule has 2 aromatic rings. The molecular weight excluding hydrogens is 258 g/mol. The maximum absolute atomic E-state index is 5.73. The summed E-state index contributed by atoms with van der Waals surface area (Å²) in [6, 6.07) is 17.3. The van der Waals surface area contributed by atoms with Crippen molar-refractivity contribution in [1.29, 1.82) is 0 Å². The lowest BCUT2D eigenvalue weighted by atomic mass is 9.77. The molecule has 0 fully saturated rings. The minimum Gasteiger partial charge on any atom is -0.493 e. The van der Waals surface area contributed by atoms with Gasteiger partial charge in [0.1, 0.15) is 5.75 Å². The SMILES string of the molecule is c1ccc2c(c1)CC2CNCC1CCOc2ccccc21. The van der Waals surface area contributed by atoms with Crippen molar-refractivity contribution in [2.24, 2.45) is 0 Å². The minimum atomic E-state index is 0.588. The molecule has 1 aliphatic heterocycles. The van der Waals surface area contributed by atoms with Crippen molar-refractivity contribution < 1.29 is 4.74 Å². The zero-order valence-corrected chi connectivity index (χ0v) is 12.2. The second kappa shape index (κ2) is 5.53. The maximum atomic E-state index is 5.73. The van der Waals surface area contributed by atoms with Gasteiger partial charge < -0.3 is 10.1 Å². The quantitative estimate of drug-likeness (QED) is 0.925. The van der Waals surface area contributed by atoms with Gasteiger partial charge >= 0.3 is 0 Å². The van der Waals surface area contributed by atoms with Gasteiger partial charge in [0.05, 0.1) is 6.61 Å². The second-order valence-electron chi connectivity index (χ2n) is 6.13. The summed E-state index contributed by atoms with van der Waals surface area (Å²) in [5.41, 5.74) is 4.43. The van der Waals surface area contributed by atoms with Crippen LogP contribution >= 0.6 is 0 Å². The highest BCUT2D eigenvalue weighted by Crippen LogP contribution is 2.35. The molecule has 0 bridgehead atoms. The van der Waals surface area contributed by atoms with E-state index in [1.54, 1.807) is 0 Å². The number of benzene rings is 2. The summed E-state index contributed by atoms with van der Waals surface area (Å²) in [4.78, 5) is 0. The van der Waals surface area contributed by atoms with Crippen LogP contribution in [-0.4, -0.2) is 19.7 Å². The summed E-state index contributed by atoms with van der Waals surface area (Å²) < 4.78 is 5.73. The standard InChI is InChI=1S/C19H21NO/c1-2-6-17-14(5-1)11-16(17)13-20-12-15-9-10-21-19-8-4-3-7-18(15)19/h1-8,15-16,20H,9-13H2. The van der Waals surface area contributed by atoms with Gasteiger partial charge in [-0.3, -0.25) is 0 Å². The van der Waals surface area contributed by atoms with Crippen LogP contribution in [0.25, 0.3) is 0 Å². The number of hydrogen-bond acceptors (Lipinski definition) is 2. The fourth-order valence-electron chi connectivity index (χ4n) is 3.60. The molecule has 2 aliphatic rings. The van der Waals surface area contributed by atoms with Crippen molar-refractivity contribution in [1.82, 2.24) is 5.32 Å². The molecule has 108 valence electrons. The molecule has 4 rings (SSSR count).